The Morgan fingerprint density at radius 1 is 1.69 bits per heavy atom. The number of urea groups is 1. The van der Waals surface area contributed by atoms with Crippen LogP contribution in [0.5, 0.6) is 0 Å². The molecule has 2 amide bonds. The molecule has 0 aliphatic carbocycles. The molecule has 1 rings (SSSR count). The molecule has 2 N–H and O–H groups in total. The van der Waals surface area contributed by atoms with Crippen molar-refractivity contribution in [2.24, 2.45) is 0 Å². The van der Waals surface area contributed by atoms with Crippen molar-refractivity contribution in [3.05, 3.63) is 20.8 Å². The standard InChI is InChI=1S/C10H15BrN2O2S/c1-7(6-14)13(2)10(15)12-5-8-3-4-9(11)16-8/h3-4,7,14H,5-6H2,1-2H3,(H,12,15). The first kappa shape index (κ1) is 13.5. The van der Waals surface area contributed by atoms with Crippen LogP contribution in [0.2, 0.25) is 0 Å². The average Bonchev–Trinajstić information content (AvgIpc) is 2.69. The Balaban J connectivity index is 2.40. The molecule has 0 saturated heterocycles. The van der Waals surface area contributed by atoms with Crippen LogP contribution in [0.25, 0.3) is 0 Å². The molecule has 0 aliphatic rings. The number of rotatable bonds is 4. The van der Waals surface area contributed by atoms with E-state index in [2.05, 4.69) is 21.2 Å². The van der Waals surface area contributed by atoms with Crippen LogP contribution in [-0.2, 0) is 6.54 Å². The zero-order chi connectivity index (χ0) is 12.1. The Kier molecular flexibility index (Phi) is 5.24. The van der Waals surface area contributed by atoms with Gasteiger partial charge in [-0.3, -0.25) is 0 Å². The topological polar surface area (TPSA) is 52.6 Å². The molecule has 0 saturated carbocycles. The van der Waals surface area contributed by atoms with E-state index in [1.807, 2.05) is 12.1 Å². The van der Waals surface area contributed by atoms with E-state index in [1.54, 1.807) is 25.3 Å². The molecule has 0 aliphatic heterocycles. The van der Waals surface area contributed by atoms with Gasteiger partial charge in [0.05, 0.1) is 23.0 Å². The van der Waals surface area contributed by atoms with Crippen molar-refractivity contribution in [3.8, 4) is 0 Å². The smallest absolute Gasteiger partial charge is 0.317 e. The molecule has 6 heteroatoms. The highest BCUT2D eigenvalue weighted by atomic mass is 79.9. The molecule has 16 heavy (non-hydrogen) atoms. The van der Waals surface area contributed by atoms with Gasteiger partial charge in [-0.05, 0) is 35.0 Å². The number of amides is 2. The number of nitrogens with one attached hydrogen (secondary N) is 1. The number of likely N-dealkylation sites (N-methyl/N-ethyl adjacent to an activating group) is 1. The molecule has 0 radical (unpaired) electrons. The molecule has 1 atom stereocenters. The zero-order valence-electron chi connectivity index (χ0n) is 9.24. The highest BCUT2D eigenvalue weighted by Crippen LogP contribution is 2.21. The predicted octanol–water partition coefficient (Wildman–Crippen LogP) is 2.03. The number of halogens is 1. The molecule has 0 fully saturated rings. The molecule has 90 valence electrons. The largest absolute Gasteiger partial charge is 0.394 e. The second-order valence-corrected chi connectivity index (χ2v) is 6.05. The maximum Gasteiger partial charge on any atom is 0.317 e. The van der Waals surface area contributed by atoms with Crippen LogP contribution < -0.4 is 5.32 Å². The van der Waals surface area contributed by atoms with Crippen LogP contribution in [0, 0.1) is 0 Å². The average molecular weight is 307 g/mol. The minimum Gasteiger partial charge on any atom is -0.394 e. The number of carbonyl (C=O) groups excluding carboxylic acids is 1. The molecule has 4 nitrogen and oxygen atoms in total. The van der Waals surface area contributed by atoms with E-state index in [0.29, 0.717) is 6.54 Å². The molecular weight excluding hydrogens is 292 g/mol. The highest BCUT2D eigenvalue weighted by Gasteiger charge is 2.14. The van der Waals surface area contributed by atoms with Crippen molar-refractivity contribution in [1.82, 2.24) is 10.2 Å². The second kappa shape index (κ2) is 6.22. The lowest BCUT2D eigenvalue weighted by molar-refractivity contribution is 0.157. The molecule has 1 aromatic rings. The van der Waals surface area contributed by atoms with E-state index in [9.17, 15) is 4.79 Å². The summed E-state index contributed by atoms with van der Waals surface area (Å²) in [6, 6.07) is 3.57. The van der Waals surface area contributed by atoms with Crippen LogP contribution in [0.3, 0.4) is 0 Å². The van der Waals surface area contributed by atoms with Gasteiger partial charge in [-0.1, -0.05) is 0 Å². The predicted molar refractivity (Wildman–Crippen MR) is 68.6 cm³/mol. The Labute approximate surface area is 107 Å². The monoisotopic (exact) mass is 306 g/mol. The van der Waals surface area contributed by atoms with Crippen molar-refractivity contribution < 1.29 is 9.90 Å². The van der Waals surface area contributed by atoms with Gasteiger partial charge in [0, 0.05) is 11.9 Å². The highest BCUT2D eigenvalue weighted by molar-refractivity contribution is 9.11. The Morgan fingerprint density at radius 2 is 2.38 bits per heavy atom. The number of hydrogen-bond donors (Lipinski definition) is 2. The molecule has 1 unspecified atom stereocenters. The lowest BCUT2D eigenvalue weighted by Crippen LogP contribution is -2.43. The fourth-order valence-corrected chi connectivity index (χ4v) is 2.48. The minimum absolute atomic E-state index is 0.0333. The van der Waals surface area contributed by atoms with Crippen molar-refractivity contribution in [3.63, 3.8) is 0 Å². The van der Waals surface area contributed by atoms with Crippen molar-refractivity contribution in [1.29, 1.82) is 0 Å². The Morgan fingerprint density at radius 3 is 2.88 bits per heavy atom. The van der Waals surface area contributed by atoms with Gasteiger partial charge in [-0.2, -0.15) is 0 Å². The van der Waals surface area contributed by atoms with Crippen molar-refractivity contribution in [2.75, 3.05) is 13.7 Å². The summed E-state index contributed by atoms with van der Waals surface area (Å²) in [4.78, 5) is 14.2. The van der Waals surface area contributed by atoms with Crippen LogP contribution in [0.15, 0.2) is 15.9 Å². The molecule has 1 aromatic heterocycles. The third-order valence-corrected chi connectivity index (χ3v) is 3.91. The number of aliphatic hydroxyl groups excluding tert-OH is 1. The van der Waals surface area contributed by atoms with Gasteiger partial charge in [-0.15, -0.1) is 11.3 Å². The Bertz CT molecular complexity index is 356. The van der Waals surface area contributed by atoms with E-state index in [4.69, 9.17) is 5.11 Å². The lowest BCUT2D eigenvalue weighted by Gasteiger charge is -2.23. The van der Waals surface area contributed by atoms with Crippen LogP contribution in [-0.4, -0.2) is 35.7 Å². The van der Waals surface area contributed by atoms with E-state index in [1.165, 1.54) is 4.90 Å². The fourth-order valence-electron chi connectivity index (χ4n) is 1.06. The van der Waals surface area contributed by atoms with Gasteiger partial charge < -0.3 is 15.3 Å². The minimum atomic E-state index is -0.175. The summed E-state index contributed by atoms with van der Waals surface area (Å²) in [5.41, 5.74) is 0. The SMILES string of the molecule is CC(CO)N(C)C(=O)NCc1ccc(Br)s1. The van der Waals surface area contributed by atoms with E-state index >= 15 is 0 Å². The summed E-state index contributed by atoms with van der Waals surface area (Å²) in [6.07, 6.45) is 0. The van der Waals surface area contributed by atoms with E-state index in [-0.39, 0.29) is 18.7 Å². The normalized spacial score (nSPS) is 12.2. The number of nitrogens with zero attached hydrogens (tertiary/aromatic N) is 1. The van der Waals surface area contributed by atoms with Gasteiger partial charge in [0.15, 0.2) is 0 Å². The fraction of sp³-hybridized carbons (Fsp3) is 0.500. The van der Waals surface area contributed by atoms with E-state index < -0.39 is 0 Å². The summed E-state index contributed by atoms with van der Waals surface area (Å²) >= 11 is 4.95. The molecule has 0 bridgehead atoms. The third kappa shape index (κ3) is 3.77. The summed E-state index contributed by atoms with van der Waals surface area (Å²) in [5, 5.41) is 11.7. The van der Waals surface area contributed by atoms with Gasteiger partial charge in [0.25, 0.3) is 0 Å². The van der Waals surface area contributed by atoms with Gasteiger partial charge in [0.2, 0.25) is 0 Å². The van der Waals surface area contributed by atoms with E-state index in [0.717, 1.165) is 8.66 Å². The zero-order valence-corrected chi connectivity index (χ0v) is 11.6. The summed E-state index contributed by atoms with van der Waals surface area (Å²) in [6.45, 7) is 2.27. The quantitative estimate of drug-likeness (QED) is 0.894. The maximum atomic E-state index is 11.6. The van der Waals surface area contributed by atoms with Crippen LogP contribution in [0.1, 0.15) is 11.8 Å². The lowest BCUT2D eigenvalue weighted by atomic mass is 10.3. The molecule has 1 heterocycles. The van der Waals surface area contributed by atoms with Crippen molar-refractivity contribution >= 4 is 33.3 Å². The summed E-state index contributed by atoms with van der Waals surface area (Å²) in [7, 11) is 1.67. The summed E-state index contributed by atoms with van der Waals surface area (Å²) in [5.74, 6) is 0. The summed E-state index contributed by atoms with van der Waals surface area (Å²) < 4.78 is 1.05. The van der Waals surface area contributed by atoms with Crippen molar-refractivity contribution in [2.45, 2.75) is 19.5 Å². The maximum absolute atomic E-state index is 11.6. The number of carbonyl (C=O) groups is 1. The first-order valence-electron chi connectivity index (χ1n) is 4.90. The number of hydrogen-bond acceptors (Lipinski definition) is 3. The first-order valence-corrected chi connectivity index (χ1v) is 6.51. The molecule has 0 aromatic carbocycles. The van der Waals surface area contributed by atoms with Gasteiger partial charge in [0.1, 0.15) is 0 Å². The van der Waals surface area contributed by atoms with Gasteiger partial charge in [-0.25, -0.2) is 4.79 Å². The number of aliphatic hydroxyl groups is 1. The molecular formula is C10H15BrN2O2S. The first-order chi connectivity index (χ1) is 7.54. The Hall–Kier alpha value is -0.590. The van der Waals surface area contributed by atoms with Crippen LogP contribution >= 0.6 is 27.3 Å². The third-order valence-electron chi connectivity index (χ3n) is 2.29. The van der Waals surface area contributed by atoms with Crippen LogP contribution in [0.4, 0.5) is 4.79 Å². The van der Waals surface area contributed by atoms with Gasteiger partial charge >= 0.3 is 6.03 Å². The second-order valence-electron chi connectivity index (χ2n) is 3.51. The molecule has 0 spiro atoms. The number of thiophene rings is 1.